The molecule has 0 atom stereocenters. The number of hydrogen-bond acceptors (Lipinski definition) is 2. The Hall–Kier alpha value is -1.13. The van der Waals surface area contributed by atoms with E-state index >= 15 is 0 Å². The molecule has 0 heterocycles. The largest absolute Gasteiger partial charge is 0.322 e. The highest BCUT2D eigenvalue weighted by molar-refractivity contribution is 6.30. The second-order valence-electron chi connectivity index (χ2n) is 7.72. The Bertz CT molecular complexity index is 598. The lowest BCUT2D eigenvalue weighted by Crippen LogP contribution is -2.59. The van der Waals surface area contributed by atoms with E-state index in [2.05, 4.69) is 10.6 Å². The number of carbonyl (C=O) groups excluding carboxylic acids is 1. The standard InChI is InChI=1S/C18H22ClFN2O/c19-14-1-2-16(15(20)6-14)22-17(23)10-21-18-7-11-3-12(8-18)5-13(4-11)9-18/h1-2,6,11-13,21H,3-5,7-10H2,(H,22,23). The van der Waals surface area contributed by atoms with Crippen LogP contribution in [0.15, 0.2) is 18.2 Å². The summed E-state index contributed by atoms with van der Waals surface area (Å²) in [5.41, 5.74) is 0.330. The molecule has 4 fully saturated rings. The SMILES string of the molecule is O=C(CNC12CC3CC(CC(C3)C1)C2)Nc1ccc(Cl)cc1F. The highest BCUT2D eigenvalue weighted by Crippen LogP contribution is 2.55. The lowest BCUT2D eigenvalue weighted by molar-refractivity contribution is -0.116. The first-order valence-electron chi connectivity index (χ1n) is 8.51. The van der Waals surface area contributed by atoms with Gasteiger partial charge in [0.15, 0.2) is 0 Å². The van der Waals surface area contributed by atoms with Gasteiger partial charge in [-0.3, -0.25) is 4.79 Å². The van der Waals surface area contributed by atoms with Gasteiger partial charge in [-0.05, 0) is 74.5 Å². The summed E-state index contributed by atoms with van der Waals surface area (Å²) in [5.74, 6) is 1.82. The molecule has 1 amide bonds. The molecule has 124 valence electrons. The van der Waals surface area contributed by atoms with Crippen LogP contribution in [0.4, 0.5) is 10.1 Å². The van der Waals surface area contributed by atoms with Crippen molar-refractivity contribution in [2.75, 3.05) is 11.9 Å². The van der Waals surface area contributed by atoms with Crippen LogP contribution in [0.5, 0.6) is 0 Å². The van der Waals surface area contributed by atoms with E-state index in [0.717, 1.165) is 17.8 Å². The van der Waals surface area contributed by atoms with Gasteiger partial charge < -0.3 is 10.6 Å². The molecule has 0 saturated heterocycles. The maximum atomic E-state index is 13.7. The van der Waals surface area contributed by atoms with Crippen molar-refractivity contribution in [3.05, 3.63) is 29.0 Å². The first-order chi connectivity index (χ1) is 11.0. The van der Waals surface area contributed by atoms with E-state index in [9.17, 15) is 9.18 Å². The Morgan fingerprint density at radius 1 is 1.17 bits per heavy atom. The van der Waals surface area contributed by atoms with E-state index < -0.39 is 5.82 Å². The smallest absolute Gasteiger partial charge is 0.238 e. The van der Waals surface area contributed by atoms with E-state index in [1.807, 2.05) is 0 Å². The van der Waals surface area contributed by atoms with Gasteiger partial charge in [0.25, 0.3) is 0 Å². The fourth-order valence-electron chi connectivity index (χ4n) is 5.38. The first kappa shape index (κ1) is 15.4. The minimum atomic E-state index is -0.499. The fourth-order valence-corrected chi connectivity index (χ4v) is 5.54. The Morgan fingerprint density at radius 2 is 1.78 bits per heavy atom. The predicted molar refractivity (Wildman–Crippen MR) is 88.9 cm³/mol. The summed E-state index contributed by atoms with van der Waals surface area (Å²) < 4.78 is 13.7. The lowest BCUT2D eigenvalue weighted by atomic mass is 9.53. The summed E-state index contributed by atoms with van der Waals surface area (Å²) in [7, 11) is 0. The molecule has 0 radical (unpaired) electrons. The van der Waals surface area contributed by atoms with Crippen molar-refractivity contribution in [2.45, 2.75) is 44.1 Å². The topological polar surface area (TPSA) is 41.1 Å². The number of halogens is 2. The van der Waals surface area contributed by atoms with Gasteiger partial charge in [0, 0.05) is 10.6 Å². The molecule has 1 aromatic carbocycles. The normalized spacial score (nSPS) is 34.6. The zero-order chi connectivity index (χ0) is 16.0. The molecular formula is C18H22ClFN2O. The Morgan fingerprint density at radius 3 is 2.35 bits per heavy atom. The molecule has 3 nitrogen and oxygen atoms in total. The molecular weight excluding hydrogens is 315 g/mol. The second kappa shape index (κ2) is 5.75. The van der Waals surface area contributed by atoms with Crippen molar-refractivity contribution in [1.29, 1.82) is 0 Å². The molecule has 4 saturated carbocycles. The first-order valence-corrected chi connectivity index (χ1v) is 8.89. The van der Waals surface area contributed by atoms with Crippen LogP contribution < -0.4 is 10.6 Å². The predicted octanol–water partition coefficient (Wildman–Crippen LogP) is 3.98. The zero-order valence-electron chi connectivity index (χ0n) is 13.1. The molecule has 0 aliphatic heterocycles. The van der Waals surface area contributed by atoms with Crippen molar-refractivity contribution < 1.29 is 9.18 Å². The van der Waals surface area contributed by atoms with Crippen molar-refractivity contribution in [3.8, 4) is 0 Å². The second-order valence-corrected chi connectivity index (χ2v) is 8.16. The van der Waals surface area contributed by atoms with E-state index in [1.165, 1.54) is 50.7 Å². The van der Waals surface area contributed by atoms with E-state index in [1.54, 1.807) is 6.07 Å². The third kappa shape index (κ3) is 3.11. The third-order valence-corrected chi connectivity index (χ3v) is 6.10. The third-order valence-electron chi connectivity index (χ3n) is 5.87. The van der Waals surface area contributed by atoms with Gasteiger partial charge in [-0.25, -0.2) is 4.39 Å². The molecule has 0 aromatic heterocycles. The molecule has 23 heavy (non-hydrogen) atoms. The number of carbonyl (C=O) groups is 1. The van der Waals surface area contributed by atoms with Crippen LogP contribution in [-0.2, 0) is 4.79 Å². The quantitative estimate of drug-likeness (QED) is 0.873. The molecule has 5 rings (SSSR count). The van der Waals surface area contributed by atoms with E-state index in [0.29, 0.717) is 5.02 Å². The van der Waals surface area contributed by atoms with E-state index in [-0.39, 0.29) is 23.7 Å². The van der Waals surface area contributed by atoms with Crippen LogP contribution in [0, 0.1) is 23.6 Å². The summed E-state index contributed by atoms with van der Waals surface area (Å²) in [6.45, 7) is 0.244. The van der Waals surface area contributed by atoms with Crippen LogP contribution in [0.3, 0.4) is 0 Å². The van der Waals surface area contributed by atoms with Gasteiger partial charge in [0.05, 0.1) is 12.2 Å². The number of anilines is 1. The summed E-state index contributed by atoms with van der Waals surface area (Å²) in [4.78, 5) is 12.2. The van der Waals surface area contributed by atoms with Crippen molar-refractivity contribution in [1.82, 2.24) is 5.32 Å². The number of amides is 1. The van der Waals surface area contributed by atoms with Crippen LogP contribution >= 0.6 is 11.6 Å². The summed E-state index contributed by atoms with van der Waals surface area (Å²) in [5, 5.41) is 6.48. The van der Waals surface area contributed by atoms with Crippen molar-refractivity contribution in [3.63, 3.8) is 0 Å². The Labute approximate surface area is 141 Å². The molecule has 4 bridgehead atoms. The Balaban J connectivity index is 1.36. The van der Waals surface area contributed by atoms with Crippen LogP contribution in [-0.4, -0.2) is 18.0 Å². The average Bonchev–Trinajstić information content (AvgIpc) is 2.47. The van der Waals surface area contributed by atoms with Crippen molar-refractivity contribution >= 4 is 23.2 Å². The minimum absolute atomic E-state index is 0.143. The molecule has 0 spiro atoms. The summed E-state index contributed by atoms with van der Waals surface area (Å²) in [6.07, 6.45) is 7.72. The zero-order valence-corrected chi connectivity index (χ0v) is 13.8. The average molecular weight is 337 g/mol. The molecule has 1 aromatic rings. The van der Waals surface area contributed by atoms with Gasteiger partial charge in [0.1, 0.15) is 5.82 Å². The van der Waals surface area contributed by atoms with Gasteiger partial charge in [-0.1, -0.05) is 11.6 Å². The molecule has 2 N–H and O–H groups in total. The molecule has 4 aliphatic carbocycles. The number of benzene rings is 1. The molecule has 4 aliphatic rings. The van der Waals surface area contributed by atoms with Gasteiger partial charge in [-0.2, -0.15) is 0 Å². The monoisotopic (exact) mass is 336 g/mol. The van der Waals surface area contributed by atoms with Crippen LogP contribution in [0.1, 0.15) is 38.5 Å². The Kier molecular flexibility index (Phi) is 3.85. The number of hydrogen-bond donors (Lipinski definition) is 2. The lowest BCUT2D eigenvalue weighted by Gasteiger charge is -2.57. The number of rotatable bonds is 4. The summed E-state index contributed by atoms with van der Waals surface area (Å²) in [6, 6.07) is 4.29. The maximum Gasteiger partial charge on any atom is 0.238 e. The number of nitrogens with one attached hydrogen (secondary N) is 2. The van der Waals surface area contributed by atoms with Crippen LogP contribution in [0.25, 0.3) is 0 Å². The highest BCUT2D eigenvalue weighted by Gasteiger charge is 2.50. The maximum absolute atomic E-state index is 13.7. The highest BCUT2D eigenvalue weighted by atomic mass is 35.5. The molecule has 5 heteroatoms. The summed E-state index contributed by atoms with van der Waals surface area (Å²) >= 11 is 5.73. The fraction of sp³-hybridized carbons (Fsp3) is 0.611. The minimum Gasteiger partial charge on any atom is -0.322 e. The van der Waals surface area contributed by atoms with E-state index in [4.69, 9.17) is 11.6 Å². The van der Waals surface area contributed by atoms with Crippen LogP contribution in [0.2, 0.25) is 5.02 Å². The van der Waals surface area contributed by atoms with Crippen molar-refractivity contribution in [2.24, 2.45) is 17.8 Å². The van der Waals surface area contributed by atoms with Gasteiger partial charge in [-0.15, -0.1) is 0 Å². The van der Waals surface area contributed by atoms with Gasteiger partial charge >= 0.3 is 0 Å². The molecule has 0 unspecified atom stereocenters. The van der Waals surface area contributed by atoms with Gasteiger partial charge in [0.2, 0.25) is 5.91 Å².